The Kier molecular flexibility index (Phi) is 7.21. The number of nitrogens with one attached hydrogen (secondary N) is 1. The summed E-state index contributed by atoms with van der Waals surface area (Å²) in [5, 5.41) is 0. The third-order valence-corrected chi connectivity index (χ3v) is 5.02. The number of sulfonamides is 1. The Hall–Kier alpha value is -1.05. The Balaban J connectivity index is 2.70. The zero-order chi connectivity index (χ0) is 15.9. The fraction of sp³-hybridized carbons (Fsp3) is 0.571. The van der Waals surface area contributed by atoms with Crippen molar-refractivity contribution in [3.63, 3.8) is 0 Å². The van der Waals surface area contributed by atoms with E-state index < -0.39 is 10.0 Å². The standard InChI is InChI=1S/C14H23N3O2S2/c1-3-5-6-11(4-2)9-17-21(18,19)12-7-8-13(14(15)20)16-10-12/h7-8,10-11,17H,3-6,9H2,1-2H3,(H2,15,20). The molecule has 1 rings (SSSR count). The number of unbranched alkanes of at least 4 members (excludes halogenated alkanes) is 1. The largest absolute Gasteiger partial charge is 0.388 e. The fourth-order valence-corrected chi connectivity index (χ4v) is 3.12. The third kappa shape index (κ3) is 5.68. The molecule has 1 unspecified atom stereocenters. The summed E-state index contributed by atoms with van der Waals surface area (Å²) < 4.78 is 27.0. The Morgan fingerprint density at radius 1 is 1.43 bits per heavy atom. The second-order valence-electron chi connectivity index (χ2n) is 5.01. The van der Waals surface area contributed by atoms with Crippen molar-refractivity contribution in [3.05, 3.63) is 24.0 Å². The van der Waals surface area contributed by atoms with Gasteiger partial charge in [-0.3, -0.25) is 4.98 Å². The Morgan fingerprint density at radius 3 is 2.62 bits per heavy atom. The van der Waals surface area contributed by atoms with Crippen LogP contribution in [-0.2, 0) is 10.0 Å². The molecular formula is C14H23N3O2S2. The van der Waals surface area contributed by atoms with Crippen molar-refractivity contribution in [1.82, 2.24) is 9.71 Å². The van der Waals surface area contributed by atoms with Crippen molar-refractivity contribution in [2.24, 2.45) is 11.7 Å². The number of hydrogen-bond acceptors (Lipinski definition) is 4. The minimum atomic E-state index is -3.53. The van der Waals surface area contributed by atoms with Crippen LogP contribution in [0, 0.1) is 5.92 Å². The van der Waals surface area contributed by atoms with Crippen molar-refractivity contribution in [1.29, 1.82) is 0 Å². The minimum Gasteiger partial charge on any atom is -0.388 e. The van der Waals surface area contributed by atoms with Crippen molar-refractivity contribution in [2.75, 3.05) is 6.54 Å². The van der Waals surface area contributed by atoms with Gasteiger partial charge in [0.15, 0.2) is 0 Å². The zero-order valence-electron chi connectivity index (χ0n) is 12.5. The maximum Gasteiger partial charge on any atom is 0.242 e. The van der Waals surface area contributed by atoms with Gasteiger partial charge in [-0.2, -0.15) is 0 Å². The van der Waals surface area contributed by atoms with Crippen LogP contribution in [0.1, 0.15) is 45.2 Å². The summed E-state index contributed by atoms with van der Waals surface area (Å²) in [4.78, 5) is 4.24. The zero-order valence-corrected chi connectivity index (χ0v) is 14.1. The highest BCUT2D eigenvalue weighted by Gasteiger charge is 2.16. The second-order valence-corrected chi connectivity index (χ2v) is 7.22. The Bertz CT molecular complexity index is 556. The summed E-state index contributed by atoms with van der Waals surface area (Å²) in [7, 11) is -3.53. The molecule has 0 radical (unpaired) electrons. The van der Waals surface area contributed by atoms with Crippen LogP contribution in [0.5, 0.6) is 0 Å². The summed E-state index contributed by atoms with van der Waals surface area (Å²) in [6, 6.07) is 2.99. The molecule has 1 atom stereocenters. The molecule has 0 saturated heterocycles. The highest BCUT2D eigenvalue weighted by atomic mass is 32.2. The first-order valence-corrected chi connectivity index (χ1v) is 9.05. The van der Waals surface area contributed by atoms with Gasteiger partial charge < -0.3 is 5.73 Å². The molecule has 7 heteroatoms. The van der Waals surface area contributed by atoms with Crippen LogP contribution < -0.4 is 10.5 Å². The quantitative estimate of drug-likeness (QED) is 0.679. The van der Waals surface area contributed by atoms with E-state index in [1.807, 2.05) is 0 Å². The topological polar surface area (TPSA) is 85.1 Å². The molecule has 0 aliphatic heterocycles. The lowest BCUT2D eigenvalue weighted by Crippen LogP contribution is -2.29. The van der Waals surface area contributed by atoms with Crippen molar-refractivity contribution in [2.45, 2.75) is 44.4 Å². The first-order chi connectivity index (χ1) is 9.90. The number of thiocarbonyl (C=S) groups is 1. The predicted molar refractivity (Wildman–Crippen MR) is 88.6 cm³/mol. The summed E-state index contributed by atoms with van der Waals surface area (Å²) in [6.07, 6.45) is 5.51. The van der Waals surface area contributed by atoms with Crippen LogP contribution in [0.25, 0.3) is 0 Å². The summed E-state index contributed by atoms with van der Waals surface area (Å²) in [5.74, 6) is 0.364. The first kappa shape index (κ1) is 18.0. The maximum absolute atomic E-state index is 12.2. The van der Waals surface area contributed by atoms with Gasteiger partial charge in [-0.25, -0.2) is 13.1 Å². The van der Waals surface area contributed by atoms with E-state index in [0.29, 0.717) is 18.2 Å². The van der Waals surface area contributed by atoms with E-state index in [2.05, 4.69) is 23.6 Å². The van der Waals surface area contributed by atoms with Gasteiger partial charge in [-0.05, 0) is 24.5 Å². The lowest BCUT2D eigenvalue weighted by Gasteiger charge is -2.15. The van der Waals surface area contributed by atoms with Gasteiger partial charge in [-0.1, -0.05) is 45.3 Å². The van der Waals surface area contributed by atoms with Crippen LogP contribution in [0.4, 0.5) is 0 Å². The molecule has 0 aliphatic carbocycles. The molecule has 21 heavy (non-hydrogen) atoms. The summed E-state index contributed by atoms with van der Waals surface area (Å²) >= 11 is 4.79. The molecule has 1 heterocycles. The van der Waals surface area contributed by atoms with Crippen molar-refractivity contribution in [3.8, 4) is 0 Å². The molecule has 3 N–H and O–H groups in total. The molecule has 5 nitrogen and oxygen atoms in total. The Labute approximate surface area is 132 Å². The smallest absolute Gasteiger partial charge is 0.242 e. The molecule has 0 spiro atoms. The summed E-state index contributed by atoms with van der Waals surface area (Å²) in [5.41, 5.74) is 5.85. The average Bonchev–Trinajstić information content (AvgIpc) is 2.47. The van der Waals surface area contributed by atoms with Gasteiger partial charge in [0.25, 0.3) is 0 Å². The molecule has 0 saturated carbocycles. The molecule has 0 fully saturated rings. The average molecular weight is 329 g/mol. The van der Waals surface area contributed by atoms with E-state index in [1.54, 1.807) is 0 Å². The molecule has 0 aliphatic rings. The number of nitrogens with two attached hydrogens (primary N) is 1. The molecular weight excluding hydrogens is 306 g/mol. The normalized spacial score (nSPS) is 13.0. The van der Waals surface area contributed by atoms with Crippen LogP contribution in [0.3, 0.4) is 0 Å². The first-order valence-electron chi connectivity index (χ1n) is 7.16. The van der Waals surface area contributed by atoms with Crippen LogP contribution in [0.15, 0.2) is 23.2 Å². The SMILES string of the molecule is CCCCC(CC)CNS(=O)(=O)c1ccc(C(N)=S)nc1. The highest BCUT2D eigenvalue weighted by Crippen LogP contribution is 2.13. The van der Waals surface area contributed by atoms with Gasteiger partial charge in [-0.15, -0.1) is 0 Å². The number of aromatic nitrogens is 1. The maximum atomic E-state index is 12.2. The van der Waals surface area contributed by atoms with Crippen LogP contribution in [-0.4, -0.2) is 24.9 Å². The third-order valence-electron chi connectivity index (χ3n) is 3.40. The highest BCUT2D eigenvalue weighted by molar-refractivity contribution is 7.89. The molecule has 1 aromatic rings. The molecule has 0 aromatic carbocycles. The van der Waals surface area contributed by atoms with Gasteiger partial charge in [0, 0.05) is 12.7 Å². The van der Waals surface area contributed by atoms with Gasteiger partial charge in [0.05, 0.1) is 5.69 Å². The lowest BCUT2D eigenvalue weighted by molar-refractivity contribution is 0.443. The Morgan fingerprint density at radius 2 is 2.14 bits per heavy atom. The van der Waals surface area contributed by atoms with E-state index in [4.69, 9.17) is 18.0 Å². The number of pyridine rings is 1. The predicted octanol–water partition coefficient (Wildman–Crippen LogP) is 2.21. The van der Waals surface area contributed by atoms with Crippen LogP contribution >= 0.6 is 12.2 Å². The van der Waals surface area contributed by atoms with Gasteiger partial charge in [0.1, 0.15) is 9.88 Å². The number of nitrogens with zero attached hydrogens (tertiary/aromatic N) is 1. The van der Waals surface area contributed by atoms with E-state index in [9.17, 15) is 8.42 Å². The van der Waals surface area contributed by atoms with E-state index in [1.165, 1.54) is 18.3 Å². The van der Waals surface area contributed by atoms with Crippen molar-refractivity contribution >= 4 is 27.2 Å². The molecule has 0 bridgehead atoms. The van der Waals surface area contributed by atoms with Crippen LogP contribution in [0.2, 0.25) is 0 Å². The molecule has 118 valence electrons. The van der Waals surface area contributed by atoms with Crippen molar-refractivity contribution < 1.29 is 8.42 Å². The number of hydrogen-bond donors (Lipinski definition) is 2. The minimum absolute atomic E-state index is 0.132. The fourth-order valence-electron chi connectivity index (χ4n) is 1.94. The van der Waals surface area contributed by atoms with E-state index in [-0.39, 0.29) is 9.88 Å². The lowest BCUT2D eigenvalue weighted by atomic mass is 10.00. The number of rotatable bonds is 9. The van der Waals surface area contributed by atoms with E-state index >= 15 is 0 Å². The van der Waals surface area contributed by atoms with Gasteiger partial charge >= 0.3 is 0 Å². The van der Waals surface area contributed by atoms with Gasteiger partial charge in [0.2, 0.25) is 10.0 Å². The monoisotopic (exact) mass is 329 g/mol. The summed E-state index contributed by atoms with van der Waals surface area (Å²) in [6.45, 7) is 4.66. The molecule has 0 amide bonds. The van der Waals surface area contributed by atoms with E-state index in [0.717, 1.165) is 25.7 Å². The molecule has 1 aromatic heterocycles. The second kappa shape index (κ2) is 8.41.